The molecule has 1 fully saturated rings. The molecule has 8 nitrogen and oxygen atoms in total. The highest BCUT2D eigenvalue weighted by atomic mass is 79.9. The van der Waals surface area contributed by atoms with E-state index in [0.717, 1.165) is 16.2 Å². The highest BCUT2D eigenvalue weighted by Crippen LogP contribution is 2.31. The van der Waals surface area contributed by atoms with Crippen molar-refractivity contribution in [1.29, 1.82) is 0 Å². The topological polar surface area (TPSA) is 105 Å². The van der Waals surface area contributed by atoms with Gasteiger partial charge in [-0.15, -0.1) is 11.0 Å². The number of benzene rings is 2. The third kappa shape index (κ3) is 5.78. The molecule has 2 amide bonds. The Labute approximate surface area is 198 Å². The number of rotatable bonds is 8. The van der Waals surface area contributed by atoms with Gasteiger partial charge in [0, 0.05) is 23.1 Å². The molecular formula is C21H20BrN3O5S2. The molecule has 11 heteroatoms. The maximum Gasteiger partial charge on any atom is 0.284 e. The highest BCUT2D eigenvalue weighted by Gasteiger charge is 2.39. The van der Waals surface area contributed by atoms with Gasteiger partial charge in [-0.05, 0) is 48.5 Å². The number of halogens is 1. The summed E-state index contributed by atoms with van der Waals surface area (Å²) in [7, 11) is -2.49. The van der Waals surface area contributed by atoms with Crippen molar-refractivity contribution in [2.45, 2.75) is 16.6 Å². The van der Waals surface area contributed by atoms with E-state index >= 15 is 0 Å². The molecule has 1 unspecified atom stereocenters. The van der Waals surface area contributed by atoms with Crippen molar-refractivity contribution in [3.05, 3.63) is 65.7 Å². The van der Waals surface area contributed by atoms with Crippen LogP contribution in [-0.4, -0.2) is 49.2 Å². The number of hydrogen-bond acceptors (Lipinski definition) is 6. The molecule has 0 aromatic heterocycles. The van der Waals surface area contributed by atoms with Crippen LogP contribution in [0, 0.1) is 0 Å². The summed E-state index contributed by atoms with van der Waals surface area (Å²) in [4.78, 5) is 26.5. The SMILES string of the molecule is C=CCN1C(=O)C(CC(=O)Nc2ccc(OC)cc2)S/C1=N/S(=O)(=O)c1ccc(Br)cc1. The summed E-state index contributed by atoms with van der Waals surface area (Å²) >= 11 is 4.20. The number of nitrogens with one attached hydrogen (secondary N) is 1. The summed E-state index contributed by atoms with van der Waals surface area (Å²) in [5, 5.41) is 1.94. The number of anilines is 1. The molecule has 1 N–H and O–H groups in total. The van der Waals surface area contributed by atoms with Crippen LogP contribution in [0.15, 0.2) is 75.0 Å². The van der Waals surface area contributed by atoms with Crippen molar-refractivity contribution in [2.24, 2.45) is 4.40 Å². The number of nitrogens with zero attached hydrogens (tertiary/aromatic N) is 2. The molecule has 1 heterocycles. The maximum absolute atomic E-state index is 12.8. The van der Waals surface area contributed by atoms with Gasteiger partial charge in [0.15, 0.2) is 5.17 Å². The zero-order valence-corrected chi connectivity index (χ0v) is 20.2. The minimum absolute atomic E-state index is 0.000464. The molecule has 0 radical (unpaired) electrons. The van der Waals surface area contributed by atoms with E-state index in [1.165, 1.54) is 23.1 Å². The fraction of sp³-hybridized carbons (Fsp3) is 0.190. The van der Waals surface area contributed by atoms with E-state index in [2.05, 4.69) is 32.2 Å². The molecule has 1 aliphatic rings. The summed E-state index contributed by atoms with van der Waals surface area (Å²) in [6, 6.07) is 12.8. The van der Waals surface area contributed by atoms with Crippen LogP contribution in [0.1, 0.15) is 6.42 Å². The van der Waals surface area contributed by atoms with Gasteiger partial charge in [0.05, 0.1) is 12.0 Å². The minimum atomic E-state index is -4.04. The molecular weight excluding hydrogens is 518 g/mol. The van der Waals surface area contributed by atoms with E-state index in [0.29, 0.717) is 11.4 Å². The fourth-order valence-corrected chi connectivity index (χ4v) is 5.45. The molecule has 0 spiro atoms. The first kappa shape index (κ1) is 24.0. The van der Waals surface area contributed by atoms with Gasteiger partial charge in [-0.2, -0.15) is 8.42 Å². The number of amidine groups is 1. The number of methoxy groups -OCH3 is 1. The number of hydrogen-bond donors (Lipinski definition) is 1. The van der Waals surface area contributed by atoms with Crippen molar-refractivity contribution < 1.29 is 22.7 Å². The molecule has 0 aliphatic carbocycles. The van der Waals surface area contributed by atoms with Crippen LogP contribution < -0.4 is 10.1 Å². The van der Waals surface area contributed by atoms with E-state index in [1.54, 1.807) is 43.5 Å². The molecule has 0 bridgehead atoms. The van der Waals surface area contributed by atoms with Gasteiger partial charge >= 0.3 is 0 Å². The lowest BCUT2D eigenvalue weighted by atomic mass is 10.2. The van der Waals surface area contributed by atoms with Crippen LogP contribution in [-0.2, 0) is 19.6 Å². The van der Waals surface area contributed by atoms with Crippen LogP contribution in [0.4, 0.5) is 5.69 Å². The molecule has 2 aromatic rings. The average Bonchev–Trinajstić information content (AvgIpc) is 3.03. The first-order valence-electron chi connectivity index (χ1n) is 9.37. The molecule has 1 saturated heterocycles. The Balaban J connectivity index is 1.76. The number of amides is 2. The summed E-state index contributed by atoms with van der Waals surface area (Å²) in [5.74, 6) is -0.126. The van der Waals surface area contributed by atoms with Gasteiger partial charge in [0.1, 0.15) is 11.0 Å². The van der Waals surface area contributed by atoms with Gasteiger partial charge < -0.3 is 10.1 Å². The van der Waals surface area contributed by atoms with E-state index < -0.39 is 21.2 Å². The zero-order chi connectivity index (χ0) is 23.3. The van der Waals surface area contributed by atoms with E-state index in [9.17, 15) is 18.0 Å². The van der Waals surface area contributed by atoms with Crippen LogP contribution in [0.2, 0.25) is 0 Å². The number of ether oxygens (including phenoxy) is 1. The first-order valence-corrected chi connectivity index (χ1v) is 12.5. The van der Waals surface area contributed by atoms with Crippen molar-refractivity contribution in [3.8, 4) is 5.75 Å². The number of carbonyl (C=O) groups is 2. The lowest BCUT2D eigenvalue weighted by Crippen LogP contribution is -2.33. The molecule has 0 saturated carbocycles. The van der Waals surface area contributed by atoms with Gasteiger partial charge in [-0.25, -0.2) is 0 Å². The molecule has 1 aliphatic heterocycles. The summed E-state index contributed by atoms with van der Waals surface area (Å²) in [6.45, 7) is 3.69. The summed E-state index contributed by atoms with van der Waals surface area (Å²) < 4.78 is 35.1. The van der Waals surface area contributed by atoms with Crippen LogP contribution in [0.5, 0.6) is 5.75 Å². The lowest BCUT2D eigenvalue weighted by Gasteiger charge is -2.13. The average molecular weight is 538 g/mol. The molecule has 168 valence electrons. The van der Waals surface area contributed by atoms with Crippen molar-refractivity contribution in [2.75, 3.05) is 19.0 Å². The van der Waals surface area contributed by atoms with Gasteiger partial charge in [0.2, 0.25) is 11.8 Å². The largest absolute Gasteiger partial charge is 0.497 e. The standard InChI is InChI=1S/C21H20BrN3O5S2/c1-3-12-25-20(27)18(13-19(26)23-15-6-8-16(30-2)9-7-15)31-21(25)24-32(28,29)17-10-4-14(22)5-11-17/h3-11,18H,1,12-13H2,2H3,(H,23,26)/b24-21+. The van der Waals surface area contributed by atoms with Crippen molar-refractivity contribution in [1.82, 2.24) is 4.90 Å². The number of carbonyl (C=O) groups excluding carboxylic acids is 2. The fourth-order valence-electron chi connectivity index (χ4n) is 2.82. The summed E-state index contributed by atoms with van der Waals surface area (Å²) in [6.07, 6.45) is 1.33. The van der Waals surface area contributed by atoms with E-state index in [4.69, 9.17) is 4.74 Å². The van der Waals surface area contributed by atoms with Crippen LogP contribution in [0.25, 0.3) is 0 Å². The Hall–Kier alpha value is -2.63. The minimum Gasteiger partial charge on any atom is -0.497 e. The molecule has 1 atom stereocenters. The second-order valence-electron chi connectivity index (χ2n) is 6.63. The van der Waals surface area contributed by atoms with Crippen molar-refractivity contribution >= 4 is 60.4 Å². The Morgan fingerprint density at radius 2 is 1.91 bits per heavy atom. The Morgan fingerprint density at radius 1 is 1.25 bits per heavy atom. The predicted molar refractivity (Wildman–Crippen MR) is 128 cm³/mol. The molecule has 32 heavy (non-hydrogen) atoms. The molecule has 2 aromatic carbocycles. The number of thioether (sulfide) groups is 1. The van der Waals surface area contributed by atoms with Crippen LogP contribution >= 0.6 is 27.7 Å². The maximum atomic E-state index is 12.8. The smallest absolute Gasteiger partial charge is 0.284 e. The van der Waals surface area contributed by atoms with Gasteiger partial charge in [0.25, 0.3) is 10.0 Å². The predicted octanol–water partition coefficient (Wildman–Crippen LogP) is 3.66. The monoisotopic (exact) mass is 537 g/mol. The number of sulfonamides is 1. The Bertz CT molecular complexity index is 1150. The quantitative estimate of drug-likeness (QED) is 0.515. The van der Waals surface area contributed by atoms with E-state index in [1.807, 2.05) is 0 Å². The second-order valence-corrected chi connectivity index (χ2v) is 10.3. The third-order valence-corrected chi connectivity index (χ3v) is 7.49. The summed E-state index contributed by atoms with van der Waals surface area (Å²) in [5.41, 5.74) is 0.556. The Kier molecular flexibility index (Phi) is 7.75. The van der Waals surface area contributed by atoms with Gasteiger partial charge in [-0.1, -0.05) is 33.8 Å². The third-order valence-electron chi connectivity index (χ3n) is 4.39. The molecule has 3 rings (SSSR count). The normalized spacial score (nSPS) is 17.4. The zero-order valence-electron chi connectivity index (χ0n) is 17.0. The van der Waals surface area contributed by atoms with Crippen LogP contribution in [0.3, 0.4) is 0 Å². The lowest BCUT2D eigenvalue weighted by molar-refractivity contribution is -0.127. The second kappa shape index (κ2) is 10.3. The first-order chi connectivity index (χ1) is 15.2. The van der Waals surface area contributed by atoms with Gasteiger partial charge in [-0.3, -0.25) is 14.5 Å². The Morgan fingerprint density at radius 3 is 2.50 bits per heavy atom. The highest BCUT2D eigenvalue weighted by molar-refractivity contribution is 9.10. The van der Waals surface area contributed by atoms with Crippen molar-refractivity contribution in [3.63, 3.8) is 0 Å². The van der Waals surface area contributed by atoms with E-state index in [-0.39, 0.29) is 28.9 Å².